The monoisotopic (exact) mass is 295 g/mol. The quantitative estimate of drug-likeness (QED) is 0.801. The van der Waals surface area contributed by atoms with Gasteiger partial charge in [-0.25, -0.2) is 4.98 Å². The molecule has 82 valence electrons. The topological polar surface area (TPSA) is 22.1 Å². The molecule has 0 aliphatic heterocycles. The smallest absolute Gasteiger partial charge is 0.160 e. The lowest BCUT2D eigenvalue weighted by Crippen LogP contribution is -2.02. The number of ether oxygens (including phenoxy) is 1. The Morgan fingerprint density at radius 3 is 3.06 bits per heavy atom. The number of fused-ring (bicyclic) bond motifs is 3. The predicted molar refractivity (Wildman–Crippen MR) is 69.2 cm³/mol. The van der Waals surface area contributed by atoms with Crippen LogP contribution in [-0.4, -0.2) is 12.1 Å². The van der Waals surface area contributed by atoms with E-state index in [1.807, 2.05) is 6.07 Å². The molecule has 0 spiro atoms. The minimum absolute atomic E-state index is 0.899. The van der Waals surface area contributed by atoms with Crippen molar-refractivity contribution < 1.29 is 4.74 Å². The SMILES string of the molecule is COc1ccc2c(c1)-c1nc(Br)sc1CC2. The molecule has 0 bridgehead atoms. The highest BCUT2D eigenvalue weighted by atomic mass is 79.9. The van der Waals surface area contributed by atoms with Gasteiger partial charge in [-0.05, 0) is 46.5 Å². The highest BCUT2D eigenvalue weighted by molar-refractivity contribution is 9.11. The van der Waals surface area contributed by atoms with Gasteiger partial charge in [-0.1, -0.05) is 6.07 Å². The van der Waals surface area contributed by atoms with E-state index in [0.29, 0.717) is 0 Å². The molecule has 0 N–H and O–H groups in total. The number of hydrogen-bond acceptors (Lipinski definition) is 3. The van der Waals surface area contributed by atoms with Gasteiger partial charge >= 0.3 is 0 Å². The van der Waals surface area contributed by atoms with Crippen LogP contribution in [0, 0.1) is 0 Å². The summed E-state index contributed by atoms with van der Waals surface area (Å²) in [5, 5.41) is 0. The molecule has 1 heterocycles. The normalized spacial score (nSPS) is 13.1. The van der Waals surface area contributed by atoms with Gasteiger partial charge in [-0.2, -0.15) is 0 Å². The van der Waals surface area contributed by atoms with Gasteiger partial charge in [0, 0.05) is 10.4 Å². The summed E-state index contributed by atoms with van der Waals surface area (Å²) in [7, 11) is 1.70. The Kier molecular flexibility index (Phi) is 2.48. The fourth-order valence-corrected chi connectivity index (χ4v) is 3.63. The molecule has 2 aromatic rings. The van der Waals surface area contributed by atoms with Crippen molar-refractivity contribution in [1.82, 2.24) is 4.98 Å². The van der Waals surface area contributed by atoms with Gasteiger partial charge in [0.1, 0.15) is 5.75 Å². The van der Waals surface area contributed by atoms with E-state index in [4.69, 9.17) is 4.74 Å². The lowest BCUT2D eigenvalue weighted by molar-refractivity contribution is 0.415. The van der Waals surface area contributed by atoms with Crippen molar-refractivity contribution in [3.8, 4) is 17.0 Å². The lowest BCUT2D eigenvalue weighted by Gasteiger charge is -2.15. The summed E-state index contributed by atoms with van der Waals surface area (Å²) in [6, 6.07) is 6.25. The number of aryl methyl sites for hydroxylation is 2. The molecule has 0 amide bonds. The molecular weight excluding hydrogens is 286 g/mol. The third kappa shape index (κ3) is 1.57. The molecule has 1 aliphatic rings. The van der Waals surface area contributed by atoms with Gasteiger partial charge in [0.15, 0.2) is 3.92 Å². The number of hydrogen-bond donors (Lipinski definition) is 0. The molecule has 0 atom stereocenters. The molecule has 16 heavy (non-hydrogen) atoms. The first-order chi connectivity index (χ1) is 7.78. The Bertz CT molecular complexity index is 550. The Morgan fingerprint density at radius 2 is 2.25 bits per heavy atom. The summed E-state index contributed by atoms with van der Waals surface area (Å²) in [6.07, 6.45) is 2.19. The van der Waals surface area contributed by atoms with Gasteiger partial charge in [0.2, 0.25) is 0 Å². The zero-order valence-corrected chi connectivity index (χ0v) is 11.2. The van der Waals surface area contributed by atoms with E-state index in [0.717, 1.165) is 28.2 Å². The predicted octanol–water partition coefficient (Wildman–Crippen LogP) is 3.68. The van der Waals surface area contributed by atoms with E-state index in [1.165, 1.54) is 16.0 Å². The van der Waals surface area contributed by atoms with Crippen molar-refractivity contribution in [2.75, 3.05) is 7.11 Å². The summed E-state index contributed by atoms with van der Waals surface area (Å²) in [5.74, 6) is 0.899. The highest BCUT2D eigenvalue weighted by Crippen LogP contribution is 2.39. The van der Waals surface area contributed by atoms with Crippen molar-refractivity contribution in [2.45, 2.75) is 12.8 Å². The van der Waals surface area contributed by atoms with Crippen LogP contribution in [0.2, 0.25) is 0 Å². The Hall–Kier alpha value is -0.870. The molecular formula is C12H10BrNOS. The Labute approximate surface area is 106 Å². The lowest BCUT2D eigenvalue weighted by atomic mass is 9.93. The second-order valence-corrected chi connectivity index (χ2v) is 6.12. The van der Waals surface area contributed by atoms with Gasteiger partial charge in [-0.3, -0.25) is 0 Å². The van der Waals surface area contributed by atoms with E-state index in [9.17, 15) is 0 Å². The molecule has 0 saturated carbocycles. The number of halogens is 1. The van der Waals surface area contributed by atoms with E-state index in [2.05, 4.69) is 33.0 Å². The van der Waals surface area contributed by atoms with E-state index >= 15 is 0 Å². The zero-order valence-electron chi connectivity index (χ0n) is 8.79. The van der Waals surface area contributed by atoms with Crippen molar-refractivity contribution in [2.24, 2.45) is 0 Å². The zero-order chi connectivity index (χ0) is 11.1. The van der Waals surface area contributed by atoms with Crippen molar-refractivity contribution in [1.29, 1.82) is 0 Å². The standard InChI is InChI=1S/C12H10BrNOS/c1-15-8-4-2-7-3-5-10-11(9(7)6-8)14-12(13)16-10/h2,4,6H,3,5H2,1H3. The van der Waals surface area contributed by atoms with Crippen molar-refractivity contribution >= 4 is 27.3 Å². The minimum Gasteiger partial charge on any atom is -0.497 e. The highest BCUT2D eigenvalue weighted by Gasteiger charge is 2.20. The summed E-state index contributed by atoms with van der Waals surface area (Å²) in [4.78, 5) is 5.92. The molecule has 0 fully saturated rings. The summed E-state index contributed by atoms with van der Waals surface area (Å²) in [5.41, 5.74) is 3.71. The van der Waals surface area contributed by atoms with Gasteiger partial charge in [0.05, 0.1) is 12.8 Å². The molecule has 1 aromatic carbocycles. The van der Waals surface area contributed by atoms with Crippen molar-refractivity contribution in [3.05, 3.63) is 32.6 Å². The third-order valence-corrected chi connectivity index (χ3v) is 4.43. The van der Waals surface area contributed by atoms with Crippen LogP contribution in [0.25, 0.3) is 11.3 Å². The maximum Gasteiger partial charge on any atom is 0.160 e. The van der Waals surface area contributed by atoms with Crippen LogP contribution in [0.1, 0.15) is 10.4 Å². The Balaban J connectivity index is 2.21. The first kappa shape index (κ1) is 10.3. The summed E-state index contributed by atoms with van der Waals surface area (Å²) in [6.45, 7) is 0. The number of rotatable bonds is 1. The van der Waals surface area contributed by atoms with Crippen LogP contribution >= 0.6 is 27.3 Å². The number of thiazole rings is 1. The number of methoxy groups -OCH3 is 1. The molecule has 1 aliphatic carbocycles. The van der Waals surface area contributed by atoms with Crippen LogP contribution in [0.4, 0.5) is 0 Å². The van der Waals surface area contributed by atoms with E-state index in [-0.39, 0.29) is 0 Å². The van der Waals surface area contributed by atoms with Gasteiger partial charge in [-0.15, -0.1) is 11.3 Å². The molecule has 3 rings (SSSR count). The molecule has 4 heteroatoms. The maximum absolute atomic E-state index is 5.27. The van der Waals surface area contributed by atoms with E-state index in [1.54, 1.807) is 18.4 Å². The van der Waals surface area contributed by atoms with E-state index < -0.39 is 0 Å². The minimum atomic E-state index is 0.899. The third-order valence-electron chi connectivity index (χ3n) is 2.86. The number of benzene rings is 1. The first-order valence-electron chi connectivity index (χ1n) is 5.10. The molecule has 2 nitrogen and oxygen atoms in total. The maximum atomic E-state index is 5.27. The van der Waals surface area contributed by atoms with Crippen molar-refractivity contribution in [3.63, 3.8) is 0 Å². The molecule has 0 radical (unpaired) electrons. The second kappa shape index (κ2) is 3.86. The Morgan fingerprint density at radius 1 is 1.38 bits per heavy atom. The molecule has 0 unspecified atom stereocenters. The van der Waals surface area contributed by atoms with Crippen LogP contribution in [0.5, 0.6) is 5.75 Å². The summed E-state index contributed by atoms with van der Waals surface area (Å²) >= 11 is 5.19. The number of nitrogens with zero attached hydrogens (tertiary/aromatic N) is 1. The van der Waals surface area contributed by atoms with Gasteiger partial charge in [0.25, 0.3) is 0 Å². The first-order valence-corrected chi connectivity index (χ1v) is 6.71. The van der Waals surface area contributed by atoms with Gasteiger partial charge < -0.3 is 4.74 Å². The fraction of sp³-hybridized carbons (Fsp3) is 0.250. The van der Waals surface area contributed by atoms with Crippen LogP contribution in [-0.2, 0) is 12.8 Å². The van der Waals surface area contributed by atoms with Crippen LogP contribution in [0.3, 0.4) is 0 Å². The molecule has 0 saturated heterocycles. The molecule has 1 aromatic heterocycles. The van der Waals surface area contributed by atoms with Crippen LogP contribution < -0.4 is 4.74 Å². The number of aromatic nitrogens is 1. The second-order valence-electron chi connectivity index (χ2n) is 3.76. The van der Waals surface area contributed by atoms with Crippen LogP contribution in [0.15, 0.2) is 22.1 Å². The summed E-state index contributed by atoms with van der Waals surface area (Å²) < 4.78 is 6.23. The average Bonchev–Trinajstić information content (AvgIpc) is 2.69. The largest absolute Gasteiger partial charge is 0.497 e. The average molecular weight is 296 g/mol. The fourth-order valence-electron chi connectivity index (χ4n) is 2.07.